The first kappa shape index (κ1) is 17.3. The van der Waals surface area contributed by atoms with Gasteiger partial charge in [0.15, 0.2) is 0 Å². The minimum absolute atomic E-state index is 0.0362. The van der Waals surface area contributed by atoms with Gasteiger partial charge in [0, 0.05) is 31.9 Å². The SMILES string of the molecule is CCc1cc(C(=O)NCCS(=O)(=O)N(C)C)cc(NN)n1. The van der Waals surface area contributed by atoms with Crippen molar-refractivity contribution < 1.29 is 13.2 Å². The van der Waals surface area contributed by atoms with E-state index in [1.54, 1.807) is 6.07 Å². The highest BCUT2D eigenvalue weighted by atomic mass is 32.2. The van der Waals surface area contributed by atoms with Crippen LogP contribution in [0.5, 0.6) is 0 Å². The molecule has 0 spiro atoms. The molecule has 0 unspecified atom stereocenters. The molecule has 0 saturated heterocycles. The zero-order valence-electron chi connectivity index (χ0n) is 12.4. The molecule has 1 rings (SSSR count). The Morgan fingerprint density at radius 3 is 2.57 bits per heavy atom. The van der Waals surface area contributed by atoms with E-state index in [4.69, 9.17) is 5.84 Å². The van der Waals surface area contributed by atoms with Gasteiger partial charge in [0.2, 0.25) is 10.0 Å². The molecular weight excluding hydrogens is 294 g/mol. The molecule has 1 aromatic heterocycles. The Morgan fingerprint density at radius 2 is 2.05 bits per heavy atom. The third kappa shape index (κ3) is 4.96. The third-order valence-electron chi connectivity index (χ3n) is 2.85. The lowest BCUT2D eigenvalue weighted by Crippen LogP contribution is -2.34. The summed E-state index contributed by atoms with van der Waals surface area (Å²) in [5.74, 6) is 5.18. The van der Waals surface area contributed by atoms with Crippen LogP contribution in [0.2, 0.25) is 0 Å². The number of carbonyl (C=O) groups excluding carboxylic acids is 1. The number of hydrazine groups is 1. The monoisotopic (exact) mass is 315 g/mol. The summed E-state index contributed by atoms with van der Waals surface area (Å²) in [5.41, 5.74) is 3.50. The van der Waals surface area contributed by atoms with E-state index in [-0.39, 0.29) is 18.2 Å². The molecule has 21 heavy (non-hydrogen) atoms. The maximum absolute atomic E-state index is 12.0. The van der Waals surface area contributed by atoms with Crippen molar-refractivity contribution in [3.05, 3.63) is 23.4 Å². The van der Waals surface area contributed by atoms with Crippen LogP contribution in [0.15, 0.2) is 12.1 Å². The number of anilines is 1. The average Bonchev–Trinajstić information content (AvgIpc) is 2.46. The van der Waals surface area contributed by atoms with Crippen molar-refractivity contribution in [2.75, 3.05) is 31.8 Å². The molecule has 1 heterocycles. The molecule has 0 radical (unpaired) electrons. The fourth-order valence-electron chi connectivity index (χ4n) is 1.55. The summed E-state index contributed by atoms with van der Waals surface area (Å²) in [4.78, 5) is 16.2. The third-order valence-corrected chi connectivity index (χ3v) is 4.69. The second-order valence-corrected chi connectivity index (χ2v) is 6.89. The molecule has 0 fully saturated rings. The summed E-state index contributed by atoms with van der Waals surface area (Å²) >= 11 is 0. The van der Waals surface area contributed by atoms with Crippen molar-refractivity contribution >= 4 is 21.7 Å². The van der Waals surface area contributed by atoms with Gasteiger partial charge in [0.25, 0.3) is 5.91 Å². The van der Waals surface area contributed by atoms with Crippen molar-refractivity contribution in [1.29, 1.82) is 0 Å². The highest BCUT2D eigenvalue weighted by Crippen LogP contribution is 2.10. The van der Waals surface area contributed by atoms with E-state index >= 15 is 0 Å². The van der Waals surface area contributed by atoms with Gasteiger partial charge in [0.1, 0.15) is 5.82 Å². The fraction of sp³-hybridized carbons (Fsp3) is 0.500. The van der Waals surface area contributed by atoms with Crippen LogP contribution in [-0.4, -0.2) is 50.0 Å². The Balaban J connectivity index is 2.72. The van der Waals surface area contributed by atoms with Gasteiger partial charge in [-0.05, 0) is 18.6 Å². The summed E-state index contributed by atoms with van der Waals surface area (Å²) in [5, 5.41) is 2.57. The van der Waals surface area contributed by atoms with E-state index in [1.807, 2.05) is 6.92 Å². The number of rotatable bonds is 7. The minimum atomic E-state index is -3.33. The van der Waals surface area contributed by atoms with Crippen LogP contribution in [0.3, 0.4) is 0 Å². The smallest absolute Gasteiger partial charge is 0.251 e. The predicted octanol–water partition coefficient (Wildman–Crippen LogP) is -0.449. The van der Waals surface area contributed by atoms with Crippen LogP contribution in [0.25, 0.3) is 0 Å². The number of amides is 1. The largest absolute Gasteiger partial charge is 0.351 e. The normalized spacial score (nSPS) is 11.5. The van der Waals surface area contributed by atoms with Crippen LogP contribution >= 0.6 is 0 Å². The Hall–Kier alpha value is -1.71. The van der Waals surface area contributed by atoms with Gasteiger partial charge in [-0.15, -0.1) is 0 Å². The van der Waals surface area contributed by atoms with E-state index in [9.17, 15) is 13.2 Å². The molecule has 118 valence electrons. The van der Waals surface area contributed by atoms with Gasteiger partial charge in [0.05, 0.1) is 5.75 Å². The highest BCUT2D eigenvalue weighted by Gasteiger charge is 2.14. The lowest BCUT2D eigenvalue weighted by molar-refractivity contribution is 0.0956. The first-order valence-corrected chi connectivity index (χ1v) is 8.07. The molecule has 0 aliphatic heterocycles. The maximum Gasteiger partial charge on any atom is 0.251 e. The standard InChI is InChI=1S/C12H21N5O3S/c1-4-10-7-9(8-11(15-10)16-13)12(18)14-5-6-21(19,20)17(2)3/h7-8H,4-6,13H2,1-3H3,(H,14,18)(H,15,16). The molecule has 0 bridgehead atoms. The first-order chi connectivity index (χ1) is 9.80. The molecule has 0 atom stereocenters. The average molecular weight is 315 g/mol. The van der Waals surface area contributed by atoms with Gasteiger partial charge in [-0.2, -0.15) is 0 Å². The lowest BCUT2D eigenvalue weighted by Gasteiger charge is -2.12. The number of nitrogen functional groups attached to an aromatic ring is 1. The van der Waals surface area contributed by atoms with Crippen molar-refractivity contribution in [2.24, 2.45) is 5.84 Å². The van der Waals surface area contributed by atoms with Crippen LogP contribution in [0.1, 0.15) is 23.0 Å². The Bertz CT molecular complexity index is 579. The number of nitrogens with two attached hydrogens (primary N) is 1. The van der Waals surface area contributed by atoms with E-state index < -0.39 is 10.0 Å². The van der Waals surface area contributed by atoms with Crippen molar-refractivity contribution in [2.45, 2.75) is 13.3 Å². The molecule has 8 nitrogen and oxygen atoms in total. The topological polar surface area (TPSA) is 117 Å². The van der Waals surface area contributed by atoms with Gasteiger partial charge >= 0.3 is 0 Å². The summed E-state index contributed by atoms with van der Waals surface area (Å²) in [6.45, 7) is 1.95. The summed E-state index contributed by atoms with van der Waals surface area (Å²) in [6, 6.07) is 3.16. The number of sulfonamides is 1. The Kier molecular flexibility index (Phi) is 6.06. The van der Waals surface area contributed by atoms with E-state index in [0.29, 0.717) is 17.8 Å². The fourth-order valence-corrected chi connectivity index (χ4v) is 2.28. The number of hydrogen-bond acceptors (Lipinski definition) is 6. The predicted molar refractivity (Wildman–Crippen MR) is 81.2 cm³/mol. The molecule has 0 saturated carbocycles. The van der Waals surface area contributed by atoms with Crippen LogP contribution < -0.4 is 16.6 Å². The second kappa shape index (κ2) is 7.34. The second-order valence-electron chi connectivity index (χ2n) is 4.58. The van der Waals surface area contributed by atoms with E-state index in [1.165, 1.54) is 20.2 Å². The van der Waals surface area contributed by atoms with E-state index in [0.717, 1.165) is 10.00 Å². The van der Waals surface area contributed by atoms with Crippen molar-refractivity contribution in [3.8, 4) is 0 Å². The quantitative estimate of drug-likeness (QED) is 0.463. The molecule has 0 aliphatic rings. The summed E-state index contributed by atoms with van der Waals surface area (Å²) in [7, 11) is -0.426. The Morgan fingerprint density at radius 1 is 1.38 bits per heavy atom. The van der Waals surface area contributed by atoms with Gasteiger partial charge < -0.3 is 10.7 Å². The van der Waals surface area contributed by atoms with Gasteiger partial charge in [-0.3, -0.25) is 4.79 Å². The zero-order valence-corrected chi connectivity index (χ0v) is 13.2. The molecule has 1 aromatic rings. The maximum atomic E-state index is 12.0. The number of hydrogen-bond donors (Lipinski definition) is 3. The number of aromatic nitrogens is 1. The number of nitrogens with zero attached hydrogens (tertiary/aromatic N) is 2. The van der Waals surface area contributed by atoms with E-state index in [2.05, 4.69) is 15.7 Å². The first-order valence-electron chi connectivity index (χ1n) is 6.46. The van der Waals surface area contributed by atoms with Crippen molar-refractivity contribution in [3.63, 3.8) is 0 Å². The van der Waals surface area contributed by atoms with Crippen LogP contribution in [0, 0.1) is 0 Å². The molecule has 0 aromatic carbocycles. The zero-order chi connectivity index (χ0) is 16.0. The van der Waals surface area contributed by atoms with Crippen molar-refractivity contribution in [1.82, 2.24) is 14.6 Å². The minimum Gasteiger partial charge on any atom is -0.351 e. The number of aryl methyl sites for hydroxylation is 1. The van der Waals surface area contributed by atoms with Gasteiger partial charge in [-0.1, -0.05) is 6.92 Å². The molecular formula is C12H21N5O3S. The number of pyridine rings is 1. The number of nitrogens with one attached hydrogen (secondary N) is 2. The Labute approximate surface area is 124 Å². The van der Waals surface area contributed by atoms with Crippen LogP contribution in [-0.2, 0) is 16.4 Å². The molecule has 9 heteroatoms. The van der Waals surface area contributed by atoms with Gasteiger partial charge in [-0.25, -0.2) is 23.5 Å². The highest BCUT2D eigenvalue weighted by molar-refractivity contribution is 7.89. The number of carbonyl (C=O) groups is 1. The molecule has 1 amide bonds. The lowest BCUT2D eigenvalue weighted by atomic mass is 10.2. The summed E-state index contributed by atoms with van der Waals surface area (Å²) < 4.78 is 24.3. The molecule has 4 N–H and O–H groups in total. The van der Waals surface area contributed by atoms with Crippen LogP contribution in [0.4, 0.5) is 5.82 Å². The summed E-state index contributed by atoms with van der Waals surface area (Å²) in [6.07, 6.45) is 0.658. The molecule has 0 aliphatic carbocycles.